The third-order valence-electron chi connectivity index (χ3n) is 3.42. The molecule has 0 aliphatic carbocycles. The average Bonchev–Trinajstić information content (AvgIpc) is 2.45. The van der Waals surface area contributed by atoms with Crippen molar-refractivity contribution < 1.29 is 14.1 Å². The minimum absolute atomic E-state index is 0.119. The molecule has 108 valence electrons. The molecule has 1 aromatic rings. The first-order chi connectivity index (χ1) is 9.58. The van der Waals surface area contributed by atoms with E-state index >= 15 is 0 Å². The first-order valence-corrected chi connectivity index (χ1v) is 6.42. The van der Waals surface area contributed by atoms with Gasteiger partial charge in [0.25, 0.3) is 11.6 Å². The molecular weight excluding hydrogens is 265 g/mol. The van der Waals surface area contributed by atoms with Gasteiger partial charge in [-0.15, -0.1) is 0 Å². The molecule has 2 rings (SSSR count). The van der Waals surface area contributed by atoms with Gasteiger partial charge in [0.2, 0.25) is 0 Å². The predicted molar refractivity (Wildman–Crippen MR) is 72.8 cm³/mol. The van der Waals surface area contributed by atoms with Gasteiger partial charge in [-0.1, -0.05) is 0 Å². The predicted octanol–water partition coefficient (Wildman–Crippen LogP) is 1.99. The molecule has 1 heterocycles. The molecule has 0 unspecified atom stereocenters. The van der Waals surface area contributed by atoms with Crippen molar-refractivity contribution in [2.75, 3.05) is 32.1 Å². The Balaban J connectivity index is 2.37. The number of nitro benzene ring substituents is 1. The van der Waals surface area contributed by atoms with Crippen LogP contribution in [0.2, 0.25) is 0 Å². The molecule has 0 radical (unpaired) electrons. The lowest BCUT2D eigenvalue weighted by Gasteiger charge is -2.28. The third kappa shape index (κ3) is 2.56. The van der Waals surface area contributed by atoms with Crippen molar-refractivity contribution in [3.8, 4) is 0 Å². The molecule has 0 saturated heterocycles. The van der Waals surface area contributed by atoms with Gasteiger partial charge in [-0.25, -0.2) is 0 Å². The largest absolute Gasteiger partial charge is 0.383 e. The highest BCUT2D eigenvalue weighted by atomic mass is 19.1. The number of hydrogen-bond donors (Lipinski definition) is 1. The number of carbonyl (C=O) groups excluding carboxylic acids is 1. The Morgan fingerprint density at radius 2 is 2.25 bits per heavy atom. The SMILES string of the molecule is CNc1cc2c(cc1[N+](=O)[O-])C(=O)N(CCCF)CC2. The molecule has 1 N–H and O–H groups in total. The molecule has 1 aliphatic heterocycles. The van der Waals surface area contributed by atoms with E-state index in [0.29, 0.717) is 30.8 Å². The smallest absolute Gasteiger partial charge is 0.293 e. The van der Waals surface area contributed by atoms with Gasteiger partial charge in [-0.05, 0) is 24.5 Å². The van der Waals surface area contributed by atoms with Crippen LogP contribution in [0.15, 0.2) is 12.1 Å². The maximum absolute atomic E-state index is 12.3. The van der Waals surface area contributed by atoms with Gasteiger partial charge in [0.05, 0.1) is 11.6 Å². The average molecular weight is 281 g/mol. The number of benzene rings is 1. The molecule has 1 aliphatic rings. The normalized spacial score (nSPS) is 14.1. The number of amides is 1. The first kappa shape index (κ1) is 14.2. The molecule has 0 bridgehead atoms. The number of anilines is 1. The Morgan fingerprint density at radius 1 is 1.50 bits per heavy atom. The number of nitrogens with one attached hydrogen (secondary N) is 1. The summed E-state index contributed by atoms with van der Waals surface area (Å²) >= 11 is 0. The monoisotopic (exact) mass is 281 g/mol. The van der Waals surface area contributed by atoms with Crippen LogP contribution in [0.3, 0.4) is 0 Å². The zero-order valence-corrected chi connectivity index (χ0v) is 11.2. The van der Waals surface area contributed by atoms with Crippen molar-refractivity contribution in [3.63, 3.8) is 0 Å². The quantitative estimate of drug-likeness (QED) is 0.661. The van der Waals surface area contributed by atoms with E-state index in [2.05, 4.69) is 5.32 Å². The Morgan fingerprint density at radius 3 is 2.85 bits per heavy atom. The van der Waals surface area contributed by atoms with Crippen LogP contribution in [-0.4, -0.2) is 42.5 Å². The van der Waals surface area contributed by atoms with E-state index < -0.39 is 11.6 Å². The van der Waals surface area contributed by atoms with E-state index in [9.17, 15) is 19.3 Å². The van der Waals surface area contributed by atoms with E-state index in [4.69, 9.17) is 0 Å². The van der Waals surface area contributed by atoms with Gasteiger partial charge in [-0.3, -0.25) is 19.3 Å². The number of rotatable bonds is 5. The number of hydrogen-bond acceptors (Lipinski definition) is 4. The second-order valence-electron chi connectivity index (χ2n) is 4.62. The molecule has 0 fully saturated rings. The second kappa shape index (κ2) is 5.85. The lowest BCUT2D eigenvalue weighted by atomic mass is 9.97. The standard InChI is InChI=1S/C13H16FN3O3/c1-15-11-7-9-3-6-16(5-2-4-14)13(18)10(9)8-12(11)17(19)20/h7-8,15H,2-6H2,1H3. The maximum Gasteiger partial charge on any atom is 0.293 e. The number of alkyl halides is 1. The van der Waals surface area contributed by atoms with E-state index in [1.807, 2.05) is 0 Å². The third-order valence-corrected chi connectivity index (χ3v) is 3.42. The van der Waals surface area contributed by atoms with Gasteiger partial charge in [0.1, 0.15) is 5.69 Å². The molecule has 0 aromatic heterocycles. The molecule has 0 saturated carbocycles. The number of nitrogens with zero attached hydrogens (tertiary/aromatic N) is 2. The number of halogens is 1. The lowest BCUT2D eigenvalue weighted by molar-refractivity contribution is -0.384. The lowest BCUT2D eigenvalue weighted by Crippen LogP contribution is -2.38. The second-order valence-corrected chi connectivity index (χ2v) is 4.62. The van der Waals surface area contributed by atoms with Crippen molar-refractivity contribution in [1.82, 2.24) is 4.90 Å². The Kier molecular flexibility index (Phi) is 4.16. The fourth-order valence-electron chi connectivity index (χ4n) is 2.38. The summed E-state index contributed by atoms with van der Waals surface area (Å²) in [5.41, 5.74) is 1.42. The van der Waals surface area contributed by atoms with Crippen LogP contribution >= 0.6 is 0 Å². The molecule has 0 spiro atoms. The molecule has 6 nitrogen and oxygen atoms in total. The van der Waals surface area contributed by atoms with Crippen LogP contribution < -0.4 is 5.32 Å². The molecular formula is C13H16FN3O3. The molecule has 7 heteroatoms. The number of carbonyl (C=O) groups is 1. The van der Waals surface area contributed by atoms with Crippen molar-refractivity contribution in [1.29, 1.82) is 0 Å². The fraction of sp³-hybridized carbons (Fsp3) is 0.462. The molecule has 0 atom stereocenters. The highest BCUT2D eigenvalue weighted by Gasteiger charge is 2.28. The molecule has 20 heavy (non-hydrogen) atoms. The van der Waals surface area contributed by atoms with E-state index in [-0.39, 0.29) is 18.0 Å². The van der Waals surface area contributed by atoms with Crippen molar-refractivity contribution in [2.24, 2.45) is 0 Å². The van der Waals surface area contributed by atoms with E-state index in [1.54, 1.807) is 18.0 Å². The summed E-state index contributed by atoms with van der Waals surface area (Å²) in [4.78, 5) is 24.3. The van der Waals surface area contributed by atoms with Crippen LogP contribution in [0.1, 0.15) is 22.3 Å². The zero-order chi connectivity index (χ0) is 14.7. The number of nitro groups is 1. The van der Waals surface area contributed by atoms with Gasteiger partial charge in [0, 0.05) is 31.8 Å². The van der Waals surface area contributed by atoms with E-state index in [0.717, 1.165) is 5.56 Å². The van der Waals surface area contributed by atoms with Crippen molar-refractivity contribution >= 4 is 17.3 Å². The van der Waals surface area contributed by atoms with Crippen LogP contribution in [0.4, 0.5) is 15.8 Å². The Hall–Kier alpha value is -2.18. The molecule has 1 aromatic carbocycles. The van der Waals surface area contributed by atoms with Crippen molar-refractivity contribution in [3.05, 3.63) is 33.4 Å². The minimum Gasteiger partial charge on any atom is -0.383 e. The zero-order valence-electron chi connectivity index (χ0n) is 11.2. The highest BCUT2D eigenvalue weighted by molar-refractivity contribution is 5.98. The fourth-order valence-corrected chi connectivity index (χ4v) is 2.38. The summed E-state index contributed by atoms with van der Waals surface area (Å²) in [5.74, 6) is -0.259. The van der Waals surface area contributed by atoms with Crippen LogP contribution in [0.25, 0.3) is 0 Å². The van der Waals surface area contributed by atoms with Crippen LogP contribution in [0, 0.1) is 10.1 Å². The number of fused-ring (bicyclic) bond motifs is 1. The first-order valence-electron chi connectivity index (χ1n) is 6.42. The summed E-state index contributed by atoms with van der Waals surface area (Å²) < 4.78 is 12.2. The highest BCUT2D eigenvalue weighted by Crippen LogP contribution is 2.31. The topological polar surface area (TPSA) is 75.5 Å². The Bertz CT molecular complexity index is 548. The summed E-state index contributed by atoms with van der Waals surface area (Å²) in [5, 5.41) is 13.8. The minimum atomic E-state index is -0.514. The summed E-state index contributed by atoms with van der Waals surface area (Å²) in [7, 11) is 1.60. The summed E-state index contributed by atoms with van der Waals surface area (Å²) in [6, 6.07) is 2.96. The van der Waals surface area contributed by atoms with Gasteiger partial charge in [-0.2, -0.15) is 0 Å². The van der Waals surface area contributed by atoms with Gasteiger partial charge < -0.3 is 10.2 Å². The van der Waals surface area contributed by atoms with E-state index in [1.165, 1.54) is 6.07 Å². The van der Waals surface area contributed by atoms with Gasteiger partial charge in [0.15, 0.2) is 0 Å². The summed E-state index contributed by atoms with van der Waals surface area (Å²) in [6.07, 6.45) is 0.914. The van der Waals surface area contributed by atoms with Crippen LogP contribution in [-0.2, 0) is 6.42 Å². The molecule has 1 amide bonds. The Labute approximate surface area is 115 Å². The van der Waals surface area contributed by atoms with Crippen molar-refractivity contribution in [2.45, 2.75) is 12.8 Å². The summed E-state index contributed by atoms with van der Waals surface area (Å²) in [6.45, 7) is 0.388. The van der Waals surface area contributed by atoms with Crippen LogP contribution in [0.5, 0.6) is 0 Å². The maximum atomic E-state index is 12.3. The van der Waals surface area contributed by atoms with Gasteiger partial charge >= 0.3 is 0 Å².